The average Bonchev–Trinajstić information content (AvgIpc) is 2.59. The molecule has 0 unspecified atom stereocenters. The van der Waals surface area contributed by atoms with E-state index in [0.29, 0.717) is 17.1 Å². The van der Waals surface area contributed by atoms with Crippen molar-refractivity contribution in [3.8, 4) is 28.4 Å². The van der Waals surface area contributed by atoms with Crippen molar-refractivity contribution >= 4 is 11.0 Å². The molecule has 0 atom stereocenters. The Hall–Kier alpha value is -2.95. The van der Waals surface area contributed by atoms with E-state index in [4.69, 9.17) is 18.6 Å². The van der Waals surface area contributed by atoms with E-state index in [9.17, 15) is 4.79 Å². The van der Waals surface area contributed by atoms with Crippen molar-refractivity contribution < 1.29 is 18.6 Å². The molecule has 0 fully saturated rings. The molecule has 1 aromatic heterocycles. The number of methoxy groups -OCH3 is 3. The molecule has 0 aliphatic heterocycles. The minimum atomic E-state index is -0.421. The van der Waals surface area contributed by atoms with E-state index in [1.807, 2.05) is 24.3 Å². The second kappa shape index (κ2) is 6.04. The first-order valence-corrected chi connectivity index (χ1v) is 7.00. The summed E-state index contributed by atoms with van der Waals surface area (Å²) in [7, 11) is 4.71. The Bertz CT molecular complexity index is 894. The van der Waals surface area contributed by atoms with Gasteiger partial charge in [-0.3, -0.25) is 0 Å². The summed E-state index contributed by atoms with van der Waals surface area (Å²) in [6.45, 7) is 0. The molecule has 5 nitrogen and oxygen atoms in total. The number of hydrogen-bond donors (Lipinski definition) is 0. The topological polar surface area (TPSA) is 57.9 Å². The van der Waals surface area contributed by atoms with Gasteiger partial charge in [0.05, 0.1) is 21.3 Å². The molecule has 0 aliphatic carbocycles. The summed E-state index contributed by atoms with van der Waals surface area (Å²) in [6.07, 6.45) is 0. The molecule has 5 heteroatoms. The Balaban J connectivity index is 2.28. The highest BCUT2D eigenvalue weighted by Gasteiger charge is 2.13. The fourth-order valence-electron chi connectivity index (χ4n) is 2.50. The Kier molecular flexibility index (Phi) is 3.93. The predicted molar refractivity (Wildman–Crippen MR) is 87.6 cm³/mol. The van der Waals surface area contributed by atoms with Crippen LogP contribution < -0.4 is 19.8 Å². The number of ether oxygens (including phenoxy) is 3. The molecule has 23 heavy (non-hydrogen) atoms. The molecule has 3 rings (SSSR count). The van der Waals surface area contributed by atoms with Crippen LogP contribution in [0, 0.1) is 0 Å². The largest absolute Gasteiger partial charge is 0.497 e. The molecule has 0 amide bonds. The highest BCUT2D eigenvalue weighted by Crippen LogP contribution is 2.36. The zero-order valence-electron chi connectivity index (χ0n) is 13.1. The molecular weight excluding hydrogens is 296 g/mol. The van der Waals surface area contributed by atoms with Crippen molar-refractivity contribution in [1.82, 2.24) is 0 Å². The van der Waals surface area contributed by atoms with Gasteiger partial charge < -0.3 is 18.6 Å². The number of fused-ring (bicyclic) bond motifs is 1. The summed E-state index contributed by atoms with van der Waals surface area (Å²) in [6, 6.07) is 12.4. The highest BCUT2D eigenvalue weighted by molar-refractivity contribution is 5.95. The summed E-state index contributed by atoms with van der Waals surface area (Å²) in [4.78, 5) is 11.9. The molecule has 1 heterocycles. The first-order chi connectivity index (χ1) is 11.2. The third-order valence-electron chi connectivity index (χ3n) is 3.65. The van der Waals surface area contributed by atoms with Gasteiger partial charge >= 0.3 is 5.63 Å². The van der Waals surface area contributed by atoms with Crippen LogP contribution in [0.25, 0.3) is 22.1 Å². The van der Waals surface area contributed by atoms with Crippen LogP contribution in [0.3, 0.4) is 0 Å². The molecule has 0 N–H and O–H groups in total. The normalized spacial score (nSPS) is 10.6. The van der Waals surface area contributed by atoms with Crippen molar-refractivity contribution in [2.24, 2.45) is 0 Å². The molecule has 0 spiro atoms. The second-order valence-corrected chi connectivity index (χ2v) is 4.91. The monoisotopic (exact) mass is 312 g/mol. The molecule has 0 aliphatic rings. The lowest BCUT2D eigenvalue weighted by Gasteiger charge is -2.11. The Morgan fingerprint density at radius 1 is 0.826 bits per heavy atom. The van der Waals surface area contributed by atoms with Crippen molar-refractivity contribution in [1.29, 1.82) is 0 Å². The van der Waals surface area contributed by atoms with Crippen molar-refractivity contribution in [2.45, 2.75) is 0 Å². The summed E-state index contributed by atoms with van der Waals surface area (Å²) >= 11 is 0. The lowest BCUT2D eigenvalue weighted by molar-refractivity contribution is 0.355. The average molecular weight is 312 g/mol. The van der Waals surface area contributed by atoms with E-state index in [0.717, 1.165) is 22.3 Å². The molecule has 2 aromatic carbocycles. The van der Waals surface area contributed by atoms with Crippen LogP contribution in [-0.4, -0.2) is 21.3 Å². The Morgan fingerprint density at radius 2 is 1.48 bits per heavy atom. The minimum absolute atomic E-state index is 0.421. The quantitative estimate of drug-likeness (QED) is 0.690. The first kappa shape index (κ1) is 15.0. The van der Waals surface area contributed by atoms with Crippen molar-refractivity contribution in [3.05, 3.63) is 52.9 Å². The fourth-order valence-corrected chi connectivity index (χ4v) is 2.50. The van der Waals surface area contributed by atoms with Crippen LogP contribution in [0.5, 0.6) is 17.2 Å². The van der Waals surface area contributed by atoms with Gasteiger partial charge in [0, 0.05) is 17.5 Å². The summed E-state index contributed by atoms with van der Waals surface area (Å²) in [5, 5.41) is 0.771. The molecule has 0 saturated carbocycles. The number of rotatable bonds is 4. The maximum atomic E-state index is 11.9. The maximum Gasteiger partial charge on any atom is 0.336 e. The highest BCUT2D eigenvalue weighted by atomic mass is 16.5. The predicted octanol–water partition coefficient (Wildman–Crippen LogP) is 3.49. The van der Waals surface area contributed by atoms with Gasteiger partial charge in [0.1, 0.15) is 11.3 Å². The van der Waals surface area contributed by atoms with Crippen molar-refractivity contribution in [3.63, 3.8) is 0 Å². The van der Waals surface area contributed by atoms with Crippen LogP contribution >= 0.6 is 0 Å². The maximum absolute atomic E-state index is 11.9. The third-order valence-corrected chi connectivity index (χ3v) is 3.65. The van der Waals surface area contributed by atoms with E-state index in [-0.39, 0.29) is 0 Å². The zero-order chi connectivity index (χ0) is 16.4. The summed E-state index contributed by atoms with van der Waals surface area (Å²) < 4.78 is 21.1. The number of hydrogen-bond acceptors (Lipinski definition) is 5. The van der Waals surface area contributed by atoms with E-state index < -0.39 is 5.63 Å². The second-order valence-electron chi connectivity index (χ2n) is 4.91. The van der Waals surface area contributed by atoms with Gasteiger partial charge in [-0.05, 0) is 29.3 Å². The summed E-state index contributed by atoms with van der Waals surface area (Å²) in [5.74, 6) is 1.83. The van der Waals surface area contributed by atoms with Gasteiger partial charge in [-0.25, -0.2) is 4.79 Å². The van der Waals surface area contributed by atoms with Crippen LogP contribution in [0.1, 0.15) is 0 Å². The van der Waals surface area contributed by atoms with Crippen LogP contribution in [0.4, 0.5) is 0 Å². The number of benzene rings is 2. The van der Waals surface area contributed by atoms with Crippen LogP contribution in [0.15, 0.2) is 51.7 Å². The van der Waals surface area contributed by atoms with Gasteiger partial charge in [-0.2, -0.15) is 0 Å². The van der Waals surface area contributed by atoms with Crippen LogP contribution in [0.2, 0.25) is 0 Å². The molecule has 0 radical (unpaired) electrons. The molecule has 3 aromatic rings. The Morgan fingerprint density at radius 3 is 2.09 bits per heavy atom. The lowest BCUT2D eigenvalue weighted by Crippen LogP contribution is -1.99. The molecule has 0 saturated heterocycles. The van der Waals surface area contributed by atoms with E-state index >= 15 is 0 Å². The Labute approximate surface area is 133 Å². The molecular formula is C18H16O5. The van der Waals surface area contributed by atoms with E-state index in [1.54, 1.807) is 26.4 Å². The van der Waals surface area contributed by atoms with Crippen LogP contribution in [-0.2, 0) is 0 Å². The van der Waals surface area contributed by atoms with Gasteiger partial charge in [-0.15, -0.1) is 0 Å². The lowest BCUT2D eigenvalue weighted by atomic mass is 10.0. The van der Waals surface area contributed by atoms with Gasteiger partial charge in [0.25, 0.3) is 0 Å². The van der Waals surface area contributed by atoms with E-state index in [2.05, 4.69) is 0 Å². The minimum Gasteiger partial charge on any atom is -0.497 e. The fraction of sp³-hybridized carbons (Fsp3) is 0.167. The smallest absolute Gasteiger partial charge is 0.336 e. The van der Waals surface area contributed by atoms with E-state index in [1.165, 1.54) is 13.2 Å². The third kappa shape index (κ3) is 2.73. The summed E-state index contributed by atoms with van der Waals surface area (Å²) in [5.41, 5.74) is 1.67. The zero-order valence-corrected chi connectivity index (χ0v) is 13.1. The molecule has 0 bridgehead atoms. The standard InChI is InChI=1S/C18H16O5/c1-20-12-6-4-11(5-7-12)13-9-18(19)23-15-10-17(22-3)16(21-2)8-14(13)15/h4-10H,1-3H3. The first-order valence-electron chi connectivity index (χ1n) is 7.00. The van der Waals surface area contributed by atoms with Crippen molar-refractivity contribution in [2.75, 3.05) is 21.3 Å². The van der Waals surface area contributed by atoms with Gasteiger partial charge in [0.15, 0.2) is 11.5 Å². The van der Waals surface area contributed by atoms with Gasteiger partial charge in [-0.1, -0.05) is 12.1 Å². The SMILES string of the molecule is COc1ccc(-c2cc(=O)oc3cc(OC)c(OC)cc23)cc1. The van der Waals surface area contributed by atoms with Gasteiger partial charge in [0.2, 0.25) is 0 Å². The molecule has 118 valence electrons.